The van der Waals surface area contributed by atoms with E-state index in [4.69, 9.17) is 5.11 Å². The molecule has 0 spiro atoms. The average Bonchev–Trinajstić information content (AvgIpc) is 1.70. The van der Waals surface area contributed by atoms with E-state index in [0.29, 0.717) is 28.7 Å². The summed E-state index contributed by atoms with van der Waals surface area (Å²) in [6, 6.07) is 13.0. The molecule has 8 atom stereocenters. The number of aromatic hydroxyl groups is 4. The first-order valence-corrected chi connectivity index (χ1v) is 39.4. The standard InChI is InChI=1S/C79H104N12O25S/c1-2-40-91-67(100)46-62(79(91)116)117-41-39-83-73(110)56(88-76(113)57(90-78(115)61(87-66(99)31-35-71(107)108)45-50-18-26-54(95)27-19-50)11-5-8-38-82-75(112)59(85-64(97)29-33-69(103)104)43-48-14-22-52(93)23-15-48)10-3-6-36-80-72(109)55(89-77(114)60(86-65(98)30-34-70(105)106)44-49-16-24-53(94)25-17-49)9-4-7-37-81-74(111)58(84-63(96)28-32-68(101)102)42-47-12-20-51(92)21-13-47/h12-27,55-62,92-95H,2-11,28-46H2,1H3,(H,80,109)(H,81,111)(H,82,112)(H,83,110)(H,84,96)(H,85,97)(H,86,98)(H,87,99)(H,88,113)(H,89,114)(H,90,115)(H,101,102)(H,103,104)(H,105,106)(H,107,108)/t55-,56-,57-,58-,59-,60-,61-,62?/m0/s1. The number of amides is 13. The molecule has 0 saturated carbocycles. The van der Waals surface area contributed by atoms with Crippen molar-refractivity contribution in [3.63, 3.8) is 0 Å². The predicted octanol–water partition coefficient (Wildman–Crippen LogP) is 0.879. The predicted molar refractivity (Wildman–Crippen MR) is 420 cm³/mol. The highest BCUT2D eigenvalue weighted by molar-refractivity contribution is 8.00. The minimum Gasteiger partial charge on any atom is -0.508 e. The Labute approximate surface area is 678 Å². The van der Waals surface area contributed by atoms with Crippen LogP contribution in [0.5, 0.6) is 23.0 Å². The SMILES string of the molecule is CCCN1C(=O)CC(SCCNC(=O)[C@H](CCCCNC(=O)[C@H](CCCCNC(=O)[C@H](Cc2ccc(O)cc2)NC(=O)CCC(=O)O)NC(=O)[C@H](Cc2ccc(O)cc2)NC(=O)CCC(=O)O)NC(=O)[C@H](CCCCNC(=O)[C@H](Cc2ccc(O)cc2)NC(=O)CCC(=O)O)NC(=O)[C@H](Cc2ccc(O)cc2)NC(=O)CCC(=O)O)C1=O. The Bertz CT molecular complexity index is 4060. The number of hydrogen-bond acceptors (Lipinski definition) is 22. The first-order chi connectivity index (χ1) is 55.7. The van der Waals surface area contributed by atoms with E-state index in [0.717, 1.165) is 11.8 Å². The number of hydrogen-bond donors (Lipinski definition) is 19. The largest absolute Gasteiger partial charge is 0.508 e. The molecule has 1 aliphatic rings. The third-order valence-electron chi connectivity index (χ3n) is 18.3. The summed E-state index contributed by atoms with van der Waals surface area (Å²) in [5.41, 5.74) is 1.89. The highest BCUT2D eigenvalue weighted by atomic mass is 32.2. The molecule has 5 rings (SSSR count). The van der Waals surface area contributed by atoms with Gasteiger partial charge in [0.05, 0.1) is 30.9 Å². The molecule has 0 aromatic heterocycles. The molecule has 4 aromatic carbocycles. The second-order valence-corrected chi connectivity index (χ2v) is 29.1. The summed E-state index contributed by atoms with van der Waals surface area (Å²) in [7, 11) is 0. The molecule has 4 aromatic rings. The van der Waals surface area contributed by atoms with Crippen LogP contribution in [0.25, 0.3) is 0 Å². The van der Waals surface area contributed by atoms with Gasteiger partial charge in [-0.15, -0.1) is 11.8 Å². The van der Waals surface area contributed by atoms with Gasteiger partial charge in [0, 0.05) is 96.3 Å². The van der Waals surface area contributed by atoms with Gasteiger partial charge in [0.2, 0.25) is 76.8 Å². The maximum Gasteiger partial charge on any atom is 0.303 e. The van der Waals surface area contributed by atoms with E-state index < -0.39 is 188 Å². The smallest absolute Gasteiger partial charge is 0.303 e. The molecule has 117 heavy (non-hydrogen) atoms. The van der Waals surface area contributed by atoms with E-state index in [2.05, 4.69) is 58.5 Å². The minimum atomic E-state index is -1.55. The fourth-order valence-corrected chi connectivity index (χ4v) is 13.1. The number of thioether (sulfide) groups is 1. The molecular formula is C79H104N12O25S. The van der Waals surface area contributed by atoms with Crippen LogP contribution in [-0.4, -0.2) is 232 Å². The number of benzene rings is 4. The quantitative estimate of drug-likeness (QED) is 0.0215. The molecule has 13 amide bonds. The van der Waals surface area contributed by atoms with Gasteiger partial charge in [-0.05, 0) is 135 Å². The van der Waals surface area contributed by atoms with E-state index in [-0.39, 0.29) is 163 Å². The summed E-state index contributed by atoms with van der Waals surface area (Å²) >= 11 is 1.13. The lowest BCUT2D eigenvalue weighted by molar-refractivity contribution is -0.139. The maximum absolute atomic E-state index is 15.0. The summed E-state index contributed by atoms with van der Waals surface area (Å²) in [6.45, 7) is 1.62. The van der Waals surface area contributed by atoms with Gasteiger partial charge in [0.15, 0.2) is 0 Å². The highest BCUT2D eigenvalue weighted by Gasteiger charge is 2.39. The number of carboxylic acid groups (broad SMARTS) is 4. The zero-order chi connectivity index (χ0) is 85.9. The lowest BCUT2D eigenvalue weighted by Crippen LogP contribution is -2.57. The van der Waals surface area contributed by atoms with E-state index in [1.165, 1.54) is 102 Å². The zero-order valence-electron chi connectivity index (χ0n) is 64.7. The molecule has 1 unspecified atom stereocenters. The van der Waals surface area contributed by atoms with Crippen LogP contribution in [0.1, 0.15) is 151 Å². The molecule has 0 bridgehead atoms. The van der Waals surface area contributed by atoms with Gasteiger partial charge in [0.25, 0.3) is 0 Å². The number of rotatable bonds is 55. The Morgan fingerprint density at radius 1 is 0.350 bits per heavy atom. The van der Waals surface area contributed by atoms with Crippen molar-refractivity contribution in [3.05, 3.63) is 119 Å². The molecular weight excluding hydrogens is 1550 g/mol. The lowest BCUT2D eigenvalue weighted by Gasteiger charge is -2.26. The monoisotopic (exact) mass is 1650 g/mol. The van der Waals surface area contributed by atoms with Crippen molar-refractivity contribution in [2.24, 2.45) is 0 Å². The Morgan fingerprint density at radius 2 is 0.607 bits per heavy atom. The number of carboxylic acids is 4. The molecule has 38 heteroatoms. The normalized spacial score (nSPS) is 14.1. The molecule has 0 aliphatic carbocycles. The lowest BCUT2D eigenvalue weighted by atomic mass is 10.0. The van der Waals surface area contributed by atoms with Crippen LogP contribution in [0.3, 0.4) is 0 Å². The van der Waals surface area contributed by atoms with Crippen LogP contribution in [0.4, 0.5) is 0 Å². The van der Waals surface area contributed by atoms with Gasteiger partial charge in [-0.3, -0.25) is 86.4 Å². The van der Waals surface area contributed by atoms with Crippen molar-refractivity contribution in [1.29, 1.82) is 0 Å². The Balaban J connectivity index is 1.41. The topological polar surface area (TPSA) is 588 Å². The third kappa shape index (κ3) is 37.2. The van der Waals surface area contributed by atoms with E-state index >= 15 is 0 Å². The Kier molecular flexibility index (Phi) is 41.3. The van der Waals surface area contributed by atoms with Crippen molar-refractivity contribution in [2.45, 2.75) is 202 Å². The summed E-state index contributed by atoms with van der Waals surface area (Å²) < 4.78 is 0. The number of likely N-dealkylation sites (tertiary alicyclic amines) is 1. The van der Waals surface area contributed by atoms with Gasteiger partial charge >= 0.3 is 23.9 Å². The molecule has 19 N–H and O–H groups in total. The van der Waals surface area contributed by atoms with Gasteiger partial charge in [-0.1, -0.05) is 55.5 Å². The highest BCUT2D eigenvalue weighted by Crippen LogP contribution is 2.26. The molecule has 0 radical (unpaired) electrons. The van der Waals surface area contributed by atoms with Gasteiger partial charge in [-0.25, -0.2) is 0 Å². The fraction of sp³-hybridized carbons (Fsp3) is 0.481. The van der Waals surface area contributed by atoms with Crippen LogP contribution >= 0.6 is 11.8 Å². The van der Waals surface area contributed by atoms with Gasteiger partial charge < -0.3 is 99.3 Å². The number of aliphatic carboxylic acids is 4. The third-order valence-corrected chi connectivity index (χ3v) is 19.5. The fourth-order valence-electron chi connectivity index (χ4n) is 12.0. The summed E-state index contributed by atoms with van der Waals surface area (Å²) in [6.07, 6.45) is -4.38. The van der Waals surface area contributed by atoms with Gasteiger partial charge in [0.1, 0.15) is 65.3 Å². The van der Waals surface area contributed by atoms with E-state index in [1.54, 1.807) is 0 Å². The minimum absolute atomic E-state index is 0.0351. The van der Waals surface area contributed by atoms with Crippen LogP contribution in [-0.2, 0) is 107 Å². The van der Waals surface area contributed by atoms with Crippen molar-refractivity contribution >= 4 is 112 Å². The summed E-state index contributed by atoms with van der Waals surface area (Å²) in [4.78, 5) is 225. The Morgan fingerprint density at radius 3 is 0.889 bits per heavy atom. The van der Waals surface area contributed by atoms with E-state index in [1.807, 2.05) is 6.92 Å². The number of carbonyl (C=O) groups excluding carboxylic acids is 13. The Hall–Kier alpha value is -12.4. The number of unbranched alkanes of at least 4 members (excludes halogenated alkanes) is 3. The zero-order valence-corrected chi connectivity index (χ0v) is 65.6. The second kappa shape index (κ2) is 50.8. The van der Waals surface area contributed by atoms with Crippen LogP contribution in [0.2, 0.25) is 0 Å². The second-order valence-electron chi connectivity index (χ2n) is 27.8. The molecule has 1 saturated heterocycles. The number of carbonyl (C=O) groups is 17. The van der Waals surface area contributed by atoms with Crippen LogP contribution in [0.15, 0.2) is 97.1 Å². The number of phenolic OH excluding ortho intramolecular Hbond substituents is 4. The molecule has 1 fully saturated rings. The first-order valence-electron chi connectivity index (χ1n) is 38.4. The number of imide groups is 1. The molecule has 636 valence electrons. The van der Waals surface area contributed by atoms with Crippen molar-refractivity contribution in [1.82, 2.24) is 63.4 Å². The van der Waals surface area contributed by atoms with Crippen LogP contribution in [0, 0.1) is 0 Å². The number of phenols is 4. The van der Waals surface area contributed by atoms with Crippen molar-refractivity contribution < 1.29 is 122 Å². The van der Waals surface area contributed by atoms with Crippen molar-refractivity contribution in [3.8, 4) is 23.0 Å². The summed E-state index contributed by atoms with van der Waals surface area (Å²) in [5, 5.41) is 105. The average molecular weight is 1650 g/mol. The van der Waals surface area contributed by atoms with Crippen molar-refractivity contribution in [2.75, 3.05) is 38.5 Å². The maximum atomic E-state index is 15.0. The molecule has 1 aliphatic heterocycles. The molecule has 37 nitrogen and oxygen atoms in total. The van der Waals surface area contributed by atoms with Crippen LogP contribution < -0.4 is 58.5 Å². The summed E-state index contributed by atoms with van der Waals surface area (Å²) in [5.74, 6) is -14.9. The molecule has 1 heterocycles. The number of nitrogens with zero attached hydrogens (tertiary/aromatic N) is 1. The first kappa shape index (κ1) is 95.2. The van der Waals surface area contributed by atoms with E-state index in [9.17, 15) is 117 Å². The number of nitrogens with one attached hydrogen (secondary N) is 11. The van der Waals surface area contributed by atoms with Gasteiger partial charge in [-0.2, -0.15) is 0 Å².